The maximum Gasteiger partial charge on any atom is 0 e. The standard InChI is InChI=1S/2C12H22.C9H16.C6H12.Y/c2*1-3-7-11(8-4-1)12-9-5-2-6-10-12;1-3-9-7-5-4-6-8(9)2;1-2-4-6-5-3-1;/h2*11-12H,1-10H2;8-9H,1-7H2;1-6H2;/q;;-2;;. The molecule has 0 amide bonds. The van der Waals surface area contributed by atoms with Crippen molar-refractivity contribution >= 4 is 0 Å². The van der Waals surface area contributed by atoms with E-state index >= 15 is 0 Å². The average Bonchev–Trinajstić information content (AvgIpc) is 3.05. The van der Waals surface area contributed by atoms with Crippen molar-refractivity contribution in [2.75, 3.05) is 0 Å². The molecule has 6 aliphatic carbocycles. The van der Waals surface area contributed by atoms with Crippen LogP contribution in [0.5, 0.6) is 0 Å². The average molecular weight is 630 g/mol. The van der Waals surface area contributed by atoms with Crippen LogP contribution in [0.3, 0.4) is 0 Å². The van der Waals surface area contributed by atoms with Crippen LogP contribution >= 0.6 is 0 Å². The van der Waals surface area contributed by atoms with Crippen molar-refractivity contribution in [3.05, 3.63) is 13.8 Å². The molecular formula is C39H72Y-2. The maximum absolute atomic E-state index is 4.11. The first-order valence-corrected chi connectivity index (χ1v) is 18.9. The SMILES string of the molecule is C1CCC(C2CCCCC2)CC1.C1CCC(C2CCCCC2)CC1.C1CCCCC1.[CH2-]CC1CCCCC1[CH2-].[Y]. The summed E-state index contributed by atoms with van der Waals surface area (Å²) in [6, 6.07) is 0. The topological polar surface area (TPSA) is 0 Å². The number of rotatable bonds is 3. The first-order valence-electron chi connectivity index (χ1n) is 18.9. The molecule has 0 aromatic carbocycles. The number of hydrogen-bond donors (Lipinski definition) is 0. The summed E-state index contributed by atoms with van der Waals surface area (Å²) in [4.78, 5) is 0. The van der Waals surface area contributed by atoms with Gasteiger partial charge in [-0.25, -0.2) is 0 Å². The first-order chi connectivity index (χ1) is 19.3. The van der Waals surface area contributed by atoms with Crippen LogP contribution in [0.2, 0.25) is 0 Å². The molecule has 6 aliphatic rings. The van der Waals surface area contributed by atoms with E-state index < -0.39 is 0 Å². The van der Waals surface area contributed by atoms with E-state index in [2.05, 4.69) is 13.8 Å². The quantitative estimate of drug-likeness (QED) is 0.273. The molecule has 6 rings (SSSR count). The minimum Gasteiger partial charge on any atom is -0.343 e. The summed E-state index contributed by atoms with van der Waals surface area (Å²) in [7, 11) is 0. The van der Waals surface area contributed by atoms with Crippen molar-refractivity contribution in [1.82, 2.24) is 0 Å². The van der Waals surface area contributed by atoms with Gasteiger partial charge < -0.3 is 13.8 Å². The molecule has 2 unspecified atom stereocenters. The van der Waals surface area contributed by atoms with E-state index in [0.29, 0.717) is 5.92 Å². The third-order valence-electron chi connectivity index (χ3n) is 11.9. The molecule has 233 valence electrons. The summed E-state index contributed by atoms with van der Waals surface area (Å²) >= 11 is 0. The summed E-state index contributed by atoms with van der Waals surface area (Å²) in [5.74, 6) is 6.09. The molecule has 1 radical (unpaired) electrons. The molecule has 0 saturated heterocycles. The molecule has 6 saturated carbocycles. The van der Waals surface area contributed by atoms with Gasteiger partial charge >= 0.3 is 0 Å². The largest absolute Gasteiger partial charge is 0.343 e. The van der Waals surface area contributed by atoms with Gasteiger partial charge in [0.1, 0.15) is 0 Å². The van der Waals surface area contributed by atoms with Gasteiger partial charge in [0.25, 0.3) is 0 Å². The Morgan fingerprint density at radius 1 is 0.325 bits per heavy atom. The van der Waals surface area contributed by atoms with Crippen molar-refractivity contribution in [2.24, 2.45) is 35.5 Å². The molecule has 0 spiro atoms. The van der Waals surface area contributed by atoms with Crippen LogP contribution in [0.25, 0.3) is 0 Å². The fraction of sp³-hybridized carbons (Fsp3) is 0.949. The summed E-state index contributed by atoms with van der Waals surface area (Å²) in [6.07, 6.45) is 46.4. The van der Waals surface area contributed by atoms with Crippen LogP contribution in [0.4, 0.5) is 0 Å². The third-order valence-corrected chi connectivity index (χ3v) is 11.9. The molecule has 0 N–H and O–H groups in total. The van der Waals surface area contributed by atoms with Crippen LogP contribution in [0.1, 0.15) is 199 Å². The van der Waals surface area contributed by atoms with E-state index in [4.69, 9.17) is 0 Å². The second-order valence-electron chi connectivity index (χ2n) is 14.8. The Kier molecular flexibility index (Phi) is 22.8. The summed E-state index contributed by atoms with van der Waals surface area (Å²) < 4.78 is 0. The van der Waals surface area contributed by atoms with E-state index in [1.54, 1.807) is 51.4 Å². The Bertz CT molecular complexity index is 453. The molecule has 0 aliphatic heterocycles. The maximum atomic E-state index is 4.11. The van der Waals surface area contributed by atoms with Gasteiger partial charge in [-0.3, -0.25) is 0 Å². The molecule has 0 aromatic heterocycles. The van der Waals surface area contributed by atoms with E-state index in [1.807, 2.05) is 0 Å². The molecular weight excluding hydrogens is 557 g/mol. The summed E-state index contributed by atoms with van der Waals surface area (Å²) in [5, 5.41) is 0. The van der Waals surface area contributed by atoms with Crippen LogP contribution in [-0.2, 0) is 32.7 Å². The molecule has 0 aromatic rings. The zero-order valence-electron chi connectivity index (χ0n) is 27.4. The predicted molar refractivity (Wildman–Crippen MR) is 175 cm³/mol. The van der Waals surface area contributed by atoms with Gasteiger partial charge in [0.2, 0.25) is 0 Å². The Labute approximate surface area is 279 Å². The monoisotopic (exact) mass is 629 g/mol. The molecule has 0 nitrogen and oxygen atoms in total. The van der Waals surface area contributed by atoms with Gasteiger partial charge in [-0.15, -0.1) is 0 Å². The molecule has 0 bridgehead atoms. The van der Waals surface area contributed by atoms with Crippen LogP contribution in [-0.4, -0.2) is 0 Å². The molecule has 40 heavy (non-hydrogen) atoms. The van der Waals surface area contributed by atoms with Crippen LogP contribution in [0.15, 0.2) is 0 Å². The molecule has 2 atom stereocenters. The van der Waals surface area contributed by atoms with Gasteiger partial charge in [-0.05, 0) is 23.7 Å². The van der Waals surface area contributed by atoms with Crippen molar-refractivity contribution in [3.8, 4) is 0 Å². The molecule has 6 fully saturated rings. The van der Waals surface area contributed by atoms with E-state index in [0.717, 1.165) is 36.0 Å². The van der Waals surface area contributed by atoms with Gasteiger partial charge in [0.05, 0.1) is 0 Å². The zero-order chi connectivity index (χ0) is 27.4. The Hall–Kier alpha value is 1.10. The van der Waals surface area contributed by atoms with E-state index in [-0.39, 0.29) is 32.7 Å². The predicted octanol–water partition coefficient (Wildman–Crippen LogP) is 13.5. The van der Waals surface area contributed by atoms with Crippen molar-refractivity contribution in [1.29, 1.82) is 0 Å². The smallest absolute Gasteiger partial charge is 0 e. The van der Waals surface area contributed by atoms with Gasteiger partial charge in [0, 0.05) is 32.7 Å². The summed E-state index contributed by atoms with van der Waals surface area (Å²) in [5.41, 5.74) is 0. The van der Waals surface area contributed by atoms with Crippen molar-refractivity contribution < 1.29 is 32.7 Å². The van der Waals surface area contributed by atoms with E-state index in [1.165, 1.54) is 141 Å². The minimum absolute atomic E-state index is 0. The third kappa shape index (κ3) is 15.7. The molecule has 1 heteroatoms. The Morgan fingerprint density at radius 3 is 0.775 bits per heavy atom. The zero-order valence-corrected chi connectivity index (χ0v) is 30.2. The van der Waals surface area contributed by atoms with Crippen molar-refractivity contribution in [2.45, 2.75) is 199 Å². The number of hydrogen-bond acceptors (Lipinski definition) is 0. The van der Waals surface area contributed by atoms with Gasteiger partial charge in [-0.2, -0.15) is 12.3 Å². The van der Waals surface area contributed by atoms with E-state index in [9.17, 15) is 0 Å². The van der Waals surface area contributed by atoms with Crippen molar-refractivity contribution in [3.63, 3.8) is 0 Å². The fourth-order valence-corrected chi connectivity index (χ4v) is 9.15. The van der Waals surface area contributed by atoms with Gasteiger partial charge in [-0.1, -0.05) is 199 Å². The Balaban J connectivity index is 0.000000191. The normalized spacial score (nSPS) is 29.2. The minimum atomic E-state index is 0. The molecule has 0 heterocycles. The first kappa shape index (κ1) is 37.3. The summed E-state index contributed by atoms with van der Waals surface area (Å²) in [6.45, 7) is 8.03. The fourth-order valence-electron chi connectivity index (χ4n) is 9.15. The van der Waals surface area contributed by atoms with Crippen LogP contribution in [0, 0.1) is 49.4 Å². The van der Waals surface area contributed by atoms with Crippen LogP contribution < -0.4 is 0 Å². The second-order valence-corrected chi connectivity index (χ2v) is 14.8. The van der Waals surface area contributed by atoms with Gasteiger partial charge in [0.15, 0.2) is 0 Å². The Morgan fingerprint density at radius 2 is 0.550 bits per heavy atom. The second kappa shape index (κ2) is 24.4.